The summed E-state index contributed by atoms with van der Waals surface area (Å²) in [6.07, 6.45) is -3.05. The molecule has 3 aromatic rings. The van der Waals surface area contributed by atoms with Gasteiger partial charge in [0.05, 0.1) is 33.5 Å². The summed E-state index contributed by atoms with van der Waals surface area (Å²) in [5.41, 5.74) is 4.38. The Morgan fingerprint density at radius 1 is 0.944 bits per heavy atom. The zero-order chi connectivity index (χ0) is 25.3. The van der Waals surface area contributed by atoms with Gasteiger partial charge in [0.1, 0.15) is 11.6 Å². The molecule has 0 unspecified atom stereocenters. The Hall–Kier alpha value is -4.40. The zero-order valence-corrected chi connectivity index (χ0v) is 19.5. The molecule has 0 saturated heterocycles. The molecule has 36 heavy (non-hydrogen) atoms. The first-order chi connectivity index (χ1) is 17.3. The quantitative estimate of drug-likeness (QED) is 0.287. The number of aromatic nitrogens is 3. The molecule has 0 amide bonds. The topological polar surface area (TPSA) is 64.3 Å². The Labute approximate surface area is 205 Å². The van der Waals surface area contributed by atoms with Crippen LogP contribution in [-0.2, 0) is 0 Å². The van der Waals surface area contributed by atoms with E-state index in [0.29, 0.717) is 22.6 Å². The highest BCUT2D eigenvalue weighted by molar-refractivity contribution is 5.84. The summed E-state index contributed by atoms with van der Waals surface area (Å²) in [7, 11) is 0. The Balaban J connectivity index is 1.74. The number of alkyl halides is 3. The van der Waals surface area contributed by atoms with E-state index in [1.807, 2.05) is 73.0 Å². The first-order valence-corrected chi connectivity index (χ1v) is 11.3. The molecule has 1 aliphatic heterocycles. The molecule has 2 aliphatic rings. The smallest absolute Gasteiger partial charge is 0.406 e. The van der Waals surface area contributed by atoms with E-state index in [2.05, 4.69) is 15.0 Å². The minimum absolute atomic E-state index is 0.0207. The van der Waals surface area contributed by atoms with Gasteiger partial charge in [-0.15, -0.1) is 13.2 Å². The first-order valence-electron chi connectivity index (χ1n) is 11.3. The third-order valence-electron chi connectivity index (χ3n) is 5.35. The molecular weight excluding hydrogens is 467 g/mol. The molecule has 182 valence electrons. The van der Waals surface area contributed by atoms with Gasteiger partial charge < -0.3 is 14.6 Å². The van der Waals surface area contributed by atoms with Gasteiger partial charge in [0.15, 0.2) is 0 Å². The zero-order valence-electron chi connectivity index (χ0n) is 19.5. The highest BCUT2D eigenvalue weighted by Gasteiger charge is 2.31. The molecule has 5 rings (SSSR count). The summed E-state index contributed by atoms with van der Waals surface area (Å²) >= 11 is 0. The van der Waals surface area contributed by atoms with Crippen molar-refractivity contribution in [2.24, 2.45) is 4.99 Å². The number of anilines is 2. The standard InChI is InChI=1S/C27H22F3N5O/c1-17(2)32-22-16-25-23(15-21(22)34-26-9-5-6-14-31-26)33-20-7-3-4-8-24(20)35(25)18-10-12-19(13-11-18)36-27(28,29)30/h3-17H,1-2H3,(H,31,34)/b32-22+. The van der Waals surface area contributed by atoms with Gasteiger partial charge >= 0.3 is 6.36 Å². The highest BCUT2D eigenvalue weighted by atomic mass is 19.4. The summed E-state index contributed by atoms with van der Waals surface area (Å²) in [6.45, 7) is 3.97. The Bertz CT molecular complexity index is 1540. The number of halogens is 3. The van der Waals surface area contributed by atoms with E-state index in [4.69, 9.17) is 9.98 Å². The average molecular weight is 490 g/mol. The van der Waals surface area contributed by atoms with Crippen LogP contribution in [0.2, 0.25) is 0 Å². The van der Waals surface area contributed by atoms with Crippen molar-refractivity contribution in [3.05, 3.63) is 90.4 Å². The Kier molecular flexibility index (Phi) is 6.05. The maximum atomic E-state index is 12.7. The monoisotopic (exact) mass is 489 g/mol. The van der Waals surface area contributed by atoms with Gasteiger partial charge in [-0.3, -0.25) is 4.99 Å². The molecule has 9 heteroatoms. The van der Waals surface area contributed by atoms with E-state index < -0.39 is 6.36 Å². The number of rotatable bonds is 5. The van der Waals surface area contributed by atoms with Crippen molar-refractivity contribution >= 4 is 22.5 Å². The number of nitrogens with one attached hydrogen (secondary N) is 1. The lowest BCUT2D eigenvalue weighted by Gasteiger charge is -2.20. The Morgan fingerprint density at radius 2 is 1.69 bits per heavy atom. The highest BCUT2D eigenvalue weighted by Crippen LogP contribution is 2.31. The molecule has 1 N–H and O–H groups in total. The number of hydrogen-bond acceptors (Lipinski definition) is 5. The molecule has 0 saturated carbocycles. The number of ether oxygens (including phenoxy) is 1. The molecule has 1 aliphatic carbocycles. The van der Waals surface area contributed by atoms with Crippen molar-refractivity contribution in [1.82, 2.24) is 14.5 Å². The molecule has 2 heterocycles. The van der Waals surface area contributed by atoms with Gasteiger partial charge in [0.25, 0.3) is 0 Å². The summed E-state index contributed by atoms with van der Waals surface area (Å²) < 4.78 is 44.0. The normalized spacial score (nSPS) is 12.4. The summed E-state index contributed by atoms with van der Waals surface area (Å²) in [6, 6.07) is 22.8. The van der Waals surface area contributed by atoms with Gasteiger partial charge in [-0.05, 0) is 74.5 Å². The second kappa shape index (κ2) is 9.33. The average Bonchev–Trinajstić information content (AvgIpc) is 2.83. The van der Waals surface area contributed by atoms with Crippen LogP contribution < -0.4 is 15.4 Å². The SMILES string of the molecule is CC(C)/N=c1\cc2n(-c3ccc(OC(F)(F)F)cc3)c3ccccc3nc-2cc1Nc1ccccn1. The molecule has 0 bridgehead atoms. The third kappa shape index (κ3) is 5.00. The van der Waals surface area contributed by atoms with Crippen LogP contribution in [0.25, 0.3) is 28.1 Å². The maximum absolute atomic E-state index is 12.7. The fraction of sp³-hybridized carbons (Fsp3) is 0.148. The second-order valence-electron chi connectivity index (χ2n) is 8.40. The molecule has 2 aromatic carbocycles. The van der Waals surface area contributed by atoms with Gasteiger partial charge in [0, 0.05) is 17.9 Å². The lowest BCUT2D eigenvalue weighted by Crippen LogP contribution is -2.17. The van der Waals surface area contributed by atoms with E-state index in [-0.39, 0.29) is 11.8 Å². The predicted octanol–water partition coefficient (Wildman–Crippen LogP) is 6.48. The number of pyridine rings is 1. The van der Waals surface area contributed by atoms with Crippen molar-refractivity contribution in [3.63, 3.8) is 0 Å². The van der Waals surface area contributed by atoms with Gasteiger partial charge in [-0.1, -0.05) is 18.2 Å². The van der Waals surface area contributed by atoms with Crippen LogP contribution in [-0.4, -0.2) is 26.9 Å². The minimum Gasteiger partial charge on any atom is -0.406 e. The summed E-state index contributed by atoms with van der Waals surface area (Å²) in [4.78, 5) is 14.0. The van der Waals surface area contributed by atoms with Crippen LogP contribution in [0.1, 0.15) is 13.8 Å². The fourth-order valence-corrected chi connectivity index (χ4v) is 3.98. The van der Waals surface area contributed by atoms with Crippen molar-refractivity contribution < 1.29 is 17.9 Å². The number of para-hydroxylation sites is 2. The first kappa shape index (κ1) is 23.3. The largest absolute Gasteiger partial charge is 0.573 e. The fourth-order valence-electron chi connectivity index (χ4n) is 3.98. The van der Waals surface area contributed by atoms with Crippen LogP contribution in [0, 0.1) is 0 Å². The molecule has 0 atom stereocenters. The maximum Gasteiger partial charge on any atom is 0.573 e. The lowest BCUT2D eigenvalue weighted by atomic mass is 10.1. The van der Waals surface area contributed by atoms with E-state index in [1.165, 1.54) is 12.1 Å². The number of nitrogens with zero attached hydrogens (tertiary/aromatic N) is 4. The second-order valence-corrected chi connectivity index (χ2v) is 8.40. The van der Waals surface area contributed by atoms with Crippen LogP contribution in [0.4, 0.5) is 24.7 Å². The lowest BCUT2D eigenvalue weighted by molar-refractivity contribution is -0.274. The molecule has 1 aromatic heterocycles. The van der Waals surface area contributed by atoms with Crippen LogP contribution in [0.15, 0.2) is 90.1 Å². The molecule has 0 radical (unpaired) electrons. The van der Waals surface area contributed by atoms with Crippen LogP contribution >= 0.6 is 0 Å². The van der Waals surface area contributed by atoms with Crippen LogP contribution in [0.3, 0.4) is 0 Å². The molecule has 6 nitrogen and oxygen atoms in total. The van der Waals surface area contributed by atoms with Gasteiger partial charge in [0.2, 0.25) is 0 Å². The number of hydrogen-bond donors (Lipinski definition) is 1. The molecular formula is C27H22F3N5O. The van der Waals surface area contributed by atoms with Crippen molar-refractivity contribution in [1.29, 1.82) is 0 Å². The van der Waals surface area contributed by atoms with E-state index in [0.717, 1.165) is 22.4 Å². The van der Waals surface area contributed by atoms with E-state index in [9.17, 15) is 13.2 Å². The van der Waals surface area contributed by atoms with E-state index in [1.54, 1.807) is 18.3 Å². The molecule has 0 fully saturated rings. The summed E-state index contributed by atoms with van der Waals surface area (Å²) in [5.74, 6) is 0.387. The van der Waals surface area contributed by atoms with E-state index >= 15 is 0 Å². The van der Waals surface area contributed by atoms with Crippen molar-refractivity contribution in [2.45, 2.75) is 26.3 Å². The number of benzene rings is 3. The third-order valence-corrected chi connectivity index (χ3v) is 5.35. The van der Waals surface area contributed by atoms with Crippen molar-refractivity contribution in [2.75, 3.05) is 5.32 Å². The van der Waals surface area contributed by atoms with Gasteiger partial charge in [-0.2, -0.15) is 0 Å². The number of fused-ring (bicyclic) bond motifs is 2. The van der Waals surface area contributed by atoms with Gasteiger partial charge in [-0.25, -0.2) is 9.97 Å². The summed E-state index contributed by atoms with van der Waals surface area (Å²) in [5, 5.41) is 4.04. The molecule has 0 spiro atoms. The van der Waals surface area contributed by atoms with Crippen molar-refractivity contribution in [3.8, 4) is 22.8 Å². The minimum atomic E-state index is -4.75. The van der Waals surface area contributed by atoms with Crippen LogP contribution in [0.5, 0.6) is 5.75 Å². The Morgan fingerprint density at radius 3 is 2.39 bits per heavy atom. The predicted molar refractivity (Wildman–Crippen MR) is 133 cm³/mol.